The highest BCUT2D eigenvalue weighted by Gasteiger charge is 2.23. The second-order valence-corrected chi connectivity index (χ2v) is 9.73. The third-order valence-electron chi connectivity index (χ3n) is 4.57. The number of methoxy groups -OCH3 is 2. The minimum atomic E-state index is -1.01. The van der Waals surface area contributed by atoms with Gasteiger partial charge < -0.3 is 29.7 Å². The van der Waals surface area contributed by atoms with E-state index in [1.165, 1.54) is 42.8 Å². The van der Waals surface area contributed by atoms with E-state index in [9.17, 15) is 19.8 Å². The highest BCUT2D eigenvalue weighted by Crippen LogP contribution is 2.36. The normalized spacial score (nSPS) is 11.5. The Morgan fingerprint density at radius 2 is 1.82 bits per heavy atom. The molecule has 174 valence electrons. The zero-order valence-corrected chi connectivity index (χ0v) is 20.1. The van der Waals surface area contributed by atoms with Crippen LogP contribution in [0.3, 0.4) is 0 Å². The van der Waals surface area contributed by atoms with Crippen LogP contribution in [0.4, 0.5) is 0 Å². The SMILES string of the molecule is COC(=O)[C@H](Cc1ccc(O)c(O)c1)NC(=O)COc1ccc(-c2cc(=S)ss2)cc1OC. The van der Waals surface area contributed by atoms with Gasteiger partial charge in [-0.3, -0.25) is 4.79 Å². The van der Waals surface area contributed by atoms with Gasteiger partial charge in [-0.1, -0.05) is 39.0 Å². The molecule has 0 spiro atoms. The van der Waals surface area contributed by atoms with Crippen molar-refractivity contribution in [3.8, 4) is 33.4 Å². The van der Waals surface area contributed by atoms with Crippen molar-refractivity contribution in [2.24, 2.45) is 0 Å². The summed E-state index contributed by atoms with van der Waals surface area (Å²) >= 11 is 5.18. The van der Waals surface area contributed by atoms with E-state index in [1.807, 2.05) is 12.1 Å². The molecule has 3 N–H and O–H groups in total. The van der Waals surface area contributed by atoms with Crippen molar-refractivity contribution in [1.82, 2.24) is 5.32 Å². The van der Waals surface area contributed by atoms with Gasteiger partial charge in [0.15, 0.2) is 29.6 Å². The molecule has 0 unspecified atom stereocenters. The number of carbonyl (C=O) groups is 2. The van der Waals surface area contributed by atoms with E-state index in [-0.39, 0.29) is 24.5 Å². The Morgan fingerprint density at radius 3 is 2.45 bits per heavy atom. The van der Waals surface area contributed by atoms with E-state index in [2.05, 4.69) is 5.32 Å². The lowest BCUT2D eigenvalue weighted by atomic mass is 10.1. The van der Waals surface area contributed by atoms with Crippen molar-refractivity contribution in [3.63, 3.8) is 0 Å². The fourth-order valence-corrected chi connectivity index (χ4v) is 5.35. The van der Waals surface area contributed by atoms with Crippen molar-refractivity contribution in [2.45, 2.75) is 12.5 Å². The topological polar surface area (TPSA) is 114 Å². The quantitative estimate of drug-likeness (QED) is 0.173. The van der Waals surface area contributed by atoms with Crippen molar-refractivity contribution in [1.29, 1.82) is 0 Å². The molecule has 0 aliphatic carbocycles. The summed E-state index contributed by atoms with van der Waals surface area (Å²) in [6.07, 6.45) is 0.0525. The smallest absolute Gasteiger partial charge is 0.328 e. The standard InChI is InChI=1S/C22H21NO7S3/c1-28-18-9-13(19-10-21(31)33-32-19)4-6-17(18)30-11-20(26)23-14(22(27)29-2)7-12-3-5-15(24)16(25)8-12/h3-6,8-10,14,24-25H,7,11H2,1-2H3,(H,23,26)/t14-/m0/s1. The van der Waals surface area contributed by atoms with E-state index < -0.39 is 17.9 Å². The molecule has 0 saturated carbocycles. The maximum Gasteiger partial charge on any atom is 0.328 e. The van der Waals surface area contributed by atoms with Gasteiger partial charge in [0.05, 0.1) is 14.2 Å². The Bertz CT molecular complexity index is 1200. The van der Waals surface area contributed by atoms with Gasteiger partial charge in [0, 0.05) is 11.3 Å². The fraction of sp³-hybridized carbons (Fsp3) is 0.227. The summed E-state index contributed by atoms with van der Waals surface area (Å²) in [5.41, 5.74) is 1.44. The van der Waals surface area contributed by atoms with Crippen LogP contribution in [-0.2, 0) is 20.7 Å². The first-order valence-corrected chi connectivity index (χ1v) is 12.2. The second-order valence-electron chi connectivity index (χ2n) is 6.82. The summed E-state index contributed by atoms with van der Waals surface area (Å²) < 4.78 is 16.6. The summed E-state index contributed by atoms with van der Waals surface area (Å²) in [5.74, 6) is -0.989. The number of aromatic hydroxyl groups is 2. The van der Waals surface area contributed by atoms with Gasteiger partial charge >= 0.3 is 5.97 Å². The molecule has 1 amide bonds. The molecule has 0 saturated heterocycles. The fourth-order valence-electron chi connectivity index (χ4n) is 2.96. The summed E-state index contributed by atoms with van der Waals surface area (Å²) in [7, 11) is 5.79. The number of hydrogen-bond donors (Lipinski definition) is 3. The minimum absolute atomic E-state index is 0.0525. The molecule has 3 rings (SSSR count). The molecular weight excluding hydrogens is 486 g/mol. The van der Waals surface area contributed by atoms with Crippen LogP contribution < -0.4 is 14.8 Å². The number of esters is 1. The zero-order valence-electron chi connectivity index (χ0n) is 17.7. The molecule has 1 aromatic heterocycles. The van der Waals surface area contributed by atoms with Crippen LogP contribution in [0.1, 0.15) is 5.56 Å². The molecule has 8 nitrogen and oxygen atoms in total. The van der Waals surface area contributed by atoms with Crippen LogP contribution in [0.15, 0.2) is 42.5 Å². The first-order chi connectivity index (χ1) is 15.8. The Morgan fingerprint density at radius 1 is 1.03 bits per heavy atom. The van der Waals surface area contributed by atoms with Crippen LogP contribution in [0.5, 0.6) is 23.0 Å². The largest absolute Gasteiger partial charge is 0.504 e. The first kappa shape index (κ1) is 24.5. The van der Waals surface area contributed by atoms with Gasteiger partial charge in [-0.15, -0.1) is 0 Å². The summed E-state index contributed by atoms with van der Waals surface area (Å²) in [4.78, 5) is 25.6. The molecule has 0 fully saturated rings. The monoisotopic (exact) mass is 507 g/mol. The van der Waals surface area contributed by atoms with E-state index in [4.69, 9.17) is 26.4 Å². The molecule has 0 aliphatic rings. The van der Waals surface area contributed by atoms with Crippen LogP contribution in [0, 0.1) is 3.82 Å². The molecule has 11 heteroatoms. The summed E-state index contributed by atoms with van der Waals surface area (Å²) in [6, 6.07) is 10.4. The highest BCUT2D eigenvalue weighted by molar-refractivity contribution is 7.80. The lowest BCUT2D eigenvalue weighted by Gasteiger charge is -2.17. The van der Waals surface area contributed by atoms with Crippen molar-refractivity contribution >= 4 is 44.8 Å². The van der Waals surface area contributed by atoms with Crippen LogP contribution in [0.2, 0.25) is 0 Å². The number of nitrogens with one attached hydrogen (secondary N) is 1. The number of amides is 1. The lowest BCUT2D eigenvalue weighted by Crippen LogP contribution is -2.44. The van der Waals surface area contributed by atoms with Crippen molar-refractivity contribution in [3.05, 3.63) is 51.9 Å². The second kappa shape index (κ2) is 11.1. The van der Waals surface area contributed by atoms with Gasteiger partial charge in [-0.05, 0) is 47.5 Å². The van der Waals surface area contributed by atoms with Gasteiger partial charge in [-0.2, -0.15) is 0 Å². The van der Waals surface area contributed by atoms with Crippen molar-refractivity contribution in [2.75, 3.05) is 20.8 Å². The molecule has 0 bridgehead atoms. The minimum Gasteiger partial charge on any atom is -0.504 e. The molecule has 2 aromatic carbocycles. The number of hydrogen-bond acceptors (Lipinski definition) is 10. The lowest BCUT2D eigenvalue weighted by molar-refractivity contribution is -0.145. The predicted molar refractivity (Wildman–Crippen MR) is 128 cm³/mol. The Hall–Kier alpha value is -3.15. The Kier molecular flexibility index (Phi) is 8.26. The predicted octanol–water partition coefficient (Wildman–Crippen LogP) is 3.91. The molecule has 33 heavy (non-hydrogen) atoms. The average molecular weight is 508 g/mol. The van der Waals surface area contributed by atoms with Crippen LogP contribution >= 0.6 is 32.9 Å². The Balaban J connectivity index is 1.66. The number of ether oxygens (including phenoxy) is 3. The number of carbonyl (C=O) groups excluding carboxylic acids is 2. The van der Waals surface area contributed by atoms with Gasteiger partial charge in [0.25, 0.3) is 5.91 Å². The van der Waals surface area contributed by atoms with Gasteiger partial charge in [0.2, 0.25) is 0 Å². The third kappa shape index (κ3) is 6.44. The molecule has 3 aromatic rings. The van der Waals surface area contributed by atoms with Crippen molar-refractivity contribution < 1.29 is 34.0 Å². The summed E-state index contributed by atoms with van der Waals surface area (Å²) in [5, 5.41) is 21.7. The molecule has 0 radical (unpaired) electrons. The number of phenolic OH excluding ortho intramolecular Hbond substituents is 2. The van der Waals surface area contributed by atoms with Crippen LogP contribution in [0.25, 0.3) is 10.4 Å². The number of benzene rings is 2. The van der Waals surface area contributed by atoms with E-state index in [1.54, 1.807) is 22.5 Å². The molecular formula is C22H21NO7S3. The van der Waals surface area contributed by atoms with E-state index in [0.29, 0.717) is 17.1 Å². The number of phenols is 2. The first-order valence-electron chi connectivity index (χ1n) is 9.60. The highest BCUT2D eigenvalue weighted by atomic mass is 32.9. The van der Waals surface area contributed by atoms with Gasteiger partial charge in [0.1, 0.15) is 9.87 Å². The Labute approximate surface area is 202 Å². The van der Waals surface area contributed by atoms with E-state index in [0.717, 1.165) is 14.3 Å². The maximum absolute atomic E-state index is 12.5. The average Bonchev–Trinajstić information content (AvgIpc) is 3.25. The molecule has 1 atom stereocenters. The van der Waals surface area contributed by atoms with E-state index >= 15 is 0 Å². The summed E-state index contributed by atoms with van der Waals surface area (Å²) in [6.45, 7) is -0.360. The molecule has 0 aliphatic heterocycles. The molecule has 1 heterocycles. The number of rotatable bonds is 9. The zero-order chi connectivity index (χ0) is 24.0. The maximum atomic E-state index is 12.5. The third-order valence-corrected chi connectivity index (χ3v) is 7.48. The van der Waals surface area contributed by atoms with Crippen LogP contribution in [-0.4, -0.2) is 49.0 Å². The van der Waals surface area contributed by atoms with Gasteiger partial charge in [-0.25, -0.2) is 4.79 Å².